The maximum absolute atomic E-state index is 13.9. The van der Waals surface area contributed by atoms with Crippen molar-refractivity contribution in [3.8, 4) is 0 Å². The molecule has 0 unspecified atom stereocenters. The predicted octanol–water partition coefficient (Wildman–Crippen LogP) is 3.45. The van der Waals surface area contributed by atoms with E-state index in [1.807, 2.05) is 0 Å². The van der Waals surface area contributed by atoms with E-state index in [0.29, 0.717) is 21.4 Å². The van der Waals surface area contributed by atoms with Gasteiger partial charge in [0, 0.05) is 11.5 Å². The Bertz CT molecular complexity index is 661. The standard InChI is InChI=1S/C14H13BrFN3O/c1-19(11-7-3-2-6-10(11)16)12-8-4-5-9(15)13(12)14(17)18-20/h2-8,20H,1H3,(H2,17,18). The zero-order chi connectivity index (χ0) is 14.7. The quantitative estimate of drug-likeness (QED) is 0.390. The summed E-state index contributed by atoms with van der Waals surface area (Å²) < 4.78 is 14.5. The first kappa shape index (κ1) is 14.3. The summed E-state index contributed by atoms with van der Waals surface area (Å²) in [6.45, 7) is 0. The van der Waals surface area contributed by atoms with Crippen molar-refractivity contribution in [1.29, 1.82) is 0 Å². The van der Waals surface area contributed by atoms with Crippen LogP contribution < -0.4 is 10.6 Å². The van der Waals surface area contributed by atoms with Gasteiger partial charge in [-0.3, -0.25) is 0 Å². The van der Waals surface area contributed by atoms with Gasteiger partial charge in [-0.25, -0.2) is 4.39 Å². The summed E-state index contributed by atoms with van der Waals surface area (Å²) in [5.41, 5.74) is 7.23. The van der Waals surface area contributed by atoms with Crippen molar-refractivity contribution < 1.29 is 9.60 Å². The van der Waals surface area contributed by atoms with Crippen LogP contribution in [0.3, 0.4) is 0 Å². The van der Waals surface area contributed by atoms with Crippen LogP contribution >= 0.6 is 15.9 Å². The maximum Gasteiger partial charge on any atom is 0.173 e. The van der Waals surface area contributed by atoms with Gasteiger partial charge in [0.15, 0.2) is 5.84 Å². The molecule has 0 bridgehead atoms. The second kappa shape index (κ2) is 5.92. The average Bonchev–Trinajstić information content (AvgIpc) is 2.46. The molecule has 0 fully saturated rings. The number of oxime groups is 1. The molecule has 0 aromatic heterocycles. The third-order valence-corrected chi connectivity index (χ3v) is 3.59. The lowest BCUT2D eigenvalue weighted by Crippen LogP contribution is -2.20. The van der Waals surface area contributed by atoms with Gasteiger partial charge < -0.3 is 15.8 Å². The van der Waals surface area contributed by atoms with E-state index in [1.54, 1.807) is 48.3 Å². The Hall–Kier alpha value is -2.08. The zero-order valence-electron chi connectivity index (χ0n) is 10.7. The van der Waals surface area contributed by atoms with Gasteiger partial charge in [-0.2, -0.15) is 0 Å². The molecular weight excluding hydrogens is 325 g/mol. The number of nitrogens with two attached hydrogens (primary N) is 1. The van der Waals surface area contributed by atoms with Crippen LogP contribution in [0.2, 0.25) is 0 Å². The molecule has 3 N–H and O–H groups in total. The Morgan fingerprint density at radius 3 is 2.50 bits per heavy atom. The predicted molar refractivity (Wildman–Crippen MR) is 81.1 cm³/mol. The minimum atomic E-state index is -0.347. The zero-order valence-corrected chi connectivity index (χ0v) is 12.3. The van der Waals surface area contributed by atoms with E-state index in [9.17, 15) is 4.39 Å². The van der Waals surface area contributed by atoms with Gasteiger partial charge in [0.25, 0.3) is 0 Å². The van der Waals surface area contributed by atoms with Crippen molar-refractivity contribution in [2.45, 2.75) is 0 Å². The van der Waals surface area contributed by atoms with E-state index in [1.165, 1.54) is 6.07 Å². The van der Waals surface area contributed by atoms with E-state index < -0.39 is 0 Å². The van der Waals surface area contributed by atoms with Crippen LogP contribution in [0.5, 0.6) is 0 Å². The third-order valence-electron chi connectivity index (χ3n) is 2.93. The Balaban J connectivity index is 2.59. The van der Waals surface area contributed by atoms with Gasteiger partial charge in [-0.15, -0.1) is 0 Å². The molecule has 0 aliphatic carbocycles. The molecule has 0 aliphatic heterocycles. The number of nitrogens with zero attached hydrogens (tertiary/aromatic N) is 2. The minimum Gasteiger partial charge on any atom is -0.409 e. The van der Waals surface area contributed by atoms with Crippen molar-refractivity contribution in [2.75, 3.05) is 11.9 Å². The fraction of sp³-hybridized carbons (Fsp3) is 0.0714. The Morgan fingerprint density at radius 2 is 1.85 bits per heavy atom. The third kappa shape index (κ3) is 2.60. The van der Waals surface area contributed by atoms with Crippen molar-refractivity contribution in [1.82, 2.24) is 0 Å². The number of hydrogen-bond acceptors (Lipinski definition) is 3. The fourth-order valence-electron chi connectivity index (χ4n) is 1.95. The summed E-state index contributed by atoms with van der Waals surface area (Å²) in [4.78, 5) is 1.65. The van der Waals surface area contributed by atoms with Crippen molar-refractivity contribution in [3.63, 3.8) is 0 Å². The summed E-state index contributed by atoms with van der Waals surface area (Å²) in [5, 5.41) is 11.9. The summed E-state index contributed by atoms with van der Waals surface area (Å²) >= 11 is 3.36. The smallest absolute Gasteiger partial charge is 0.173 e. The Labute approximate surface area is 124 Å². The highest BCUT2D eigenvalue weighted by atomic mass is 79.9. The molecule has 0 atom stereocenters. The molecular formula is C14H13BrFN3O. The van der Waals surface area contributed by atoms with Crippen molar-refractivity contribution in [2.24, 2.45) is 10.9 Å². The summed E-state index contributed by atoms with van der Waals surface area (Å²) in [7, 11) is 1.72. The molecule has 20 heavy (non-hydrogen) atoms. The number of hydrogen-bond donors (Lipinski definition) is 2. The number of para-hydroxylation sites is 1. The minimum absolute atomic E-state index is 0.0457. The highest BCUT2D eigenvalue weighted by molar-refractivity contribution is 9.10. The van der Waals surface area contributed by atoms with E-state index in [2.05, 4.69) is 21.1 Å². The number of rotatable bonds is 3. The molecule has 2 aromatic carbocycles. The summed E-state index contributed by atoms with van der Waals surface area (Å²) in [6, 6.07) is 11.7. The molecule has 2 aromatic rings. The molecule has 0 amide bonds. The maximum atomic E-state index is 13.9. The molecule has 0 saturated carbocycles. The lowest BCUT2D eigenvalue weighted by Gasteiger charge is -2.23. The second-order valence-electron chi connectivity index (χ2n) is 4.13. The van der Waals surface area contributed by atoms with Gasteiger partial charge in [0.05, 0.1) is 16.9 Å². The second-order valence-corrected chi connectivity index (χ2v) is 4.98. The molecule has 6 heteroatoms. The van der Waals surface area contributed by atoms with Crippen LogP contribution in [0.15, 0.2) is 52.1 Å². The van der Waals surface area contributed by atoms with Gasteiger partial charge in [-0.05, 0) is 40.2 Å². The lowest BCUT2D eigenvalue weighted by molar-refractivity contribution is 0.318. The van der Waals surface area contributed by atoms with E-state index in [0.717, 1.165) is 0 Å². The van der Waals surface area contributed by atoms with Gasteiger partial charge in [0.1, 0.15) is 5.82 Å². The van der Waals surface area contributed by atoms with E-state index in [4.69, 9.17) is 10.9 Å². The highest BCUT2D eigenvalue weighted by Crippen LogP contribution is 2.32. The first-order valence-corrected chi connectivity index (χ1v) is 6.60. The molecule has 104 valence electrons. The molecule has 0 saturated heterocycles. The topological polar surface area (TPSA) is 61.8 Å². The van der Waals surface area contributed by atoms with Crippen LogP contribution in [-0.2, 0) is 0 Å². The largest absolute Gasteiger partial charge is 0.409 e. The first-order valence-electron chi connectivity index (χ1n) is 5.81. The number of halogens is 2. The molecule has 2 rings (SSSR count). The Morgan fingerprint density at radius 1 is 1.20 bits per heavy atom. The van der Waals surface area contributed by atoms with E-state index >= 15 is 0 Å². The van der Waals surface area contributed by atoms with Crippen LogP contribution in [0.4, 0.5) is 15.8 Å². The number of benzene rings is 2. The first-order chi connectivity index (χ1) is 9.56. The van der Waals surface area contributed by atoms with Crippen LogP contribution in [0.1, 0.15) is 5.56 Å². The van der Waals surface area contributed by atoms with Crippen LogP contribution in [0.25, 0.3) is 0 Å². The molecule has 0 radical (unpaired) electrons. The average molecular weight is 338 g/mol. The summed E-state index contributed by atoms with van der Waals surface area (Å²) in [5.74, 6) is -0.393. The van der Waals surface area contributed by atoms with Crippen LogP contribution in [0, 0.1) is 5.82 Å². The van der Waals surface area contributed by atoms with Crippen molar-refractivity contribution >= 4 is 33.1 Å². The van der Waals surface area contributed by atoms with Crippen molar-refractivity contribution in [3.05, 3.63) is 58.3 Å². The normalized spacial score (nSPS) is 11.4. The molecule has 0 spiro atoms. The Kier molecular flexibility index (Phi) is 4.24. The number of anilines is 2. The SMILES string of the molecule is CN(c1ccccc1F)c1cccc(Br)c1/C(N)=N/O. The van der Waals surface area contributed by atoms with Gasteiger partial charge in [-0.1, -0.05) is 23.4 Å². The van der Waals surface area contributed by atoms with Crippen LogP contribution in [-0.4, -0.2) is 18.1 Å². The molecule has 0 heterocycles. The number of amidine groups is 1. The monoisotopic (exact) mass is 337 g/mol. The fourth-order valence-corrected chi connectivity index (χ4v) is 2.51. The van der Waals surface area contributed by atoms with E-state index in [-0.39, 0.29) is 11.7 Å². The van der Waals surface area contributed by atoms with Gasteiger partial charge in [0.2, 0.25) is 0 Å². The molecule has 4 nitrogen and oxygen atoms in total. The summed E-state index contributed by atoms with van der Waals surface area (Å²) in [6.07, 6.45) is 0. The lowest BCUT2D eigenvalue weighted by atomic mass is 10.1. The molecule has 0 aliphatic rings. The van der Waals surface area contributed by atoms with Gasteiger partial charge >= 0.3 is 0 Å². The highest BCUT2D eigenvalue weighted by Gasteiger charge is 2.17.